The Morgan fingerprint density at radius 1 is 0.848 bits per heavy atom. The SMILES string of the molecule is O=C(Cc1ccc(F)cc1)Nc1cccc(N2CCCN(Cc3cc(F)cc(F)c3)C2=O)c1. The number of benzene rings is 3. The Kier molecular flexibility index (Phi) is 6.63. The predicted molar refractivity (Wildman–Crippen MR) is 119 cm³/mol. The van der Waals surface area contributed by atoms with Gasteiger partial charge in [-0.25, -0.2) is 18.0 Å². The van der Waals surface area contributed by atoms with E-state index in [1.54, 1.807) is 41.3 Å². The van der Waals surface area contributed by atoms with Crippen molar-refractivity contribution in [2.75, 3.05) is 23.3 Å². The second-order valence-electron chi connectivity index (χ2n) is 7.89. The molecule has 1 saturated heterocycles. The number of carbonyl (C=O) groups is 2. The minimum Gasteiger partial charge on any atom is -0.326 e. The monoisotopic (exact) mass is 453 g/mol. The summed E-state index contributed by atoms with van der Waals surface area (Å²) in [6.07, 6.45) is 0.774. The van der Waals surface area contributed by atoms with Crippen LogP contribution in [0.3, 0.4) is 0 Å². The van der Waals surface area contributed by atoms with Crippen LogP contribution in [0.15, 0.2) is 66.7 Å². The first-order chi connectivity index (χ1) is 15.9. The first-order valence-electron chi connectivity index (χ1n) is 10.5. The highest BCUT2D eigenvalue weighted by Crippen LogP contribution is 2.25. The van der Waals surface area contributed by atoms with Gasteiger partial charge >= 0.3 is 6.03 Å². The Balaban J connectivity index is 1.43. The number of urea groups is 1. The van der Waals surface area contributed by atoms with Gasteiger partial charge in [0.25, 0.3) is 0 Å². The van der Waals surface area contributed by atoms with Crippen LogP contribution in [0.2, 0.25) is 0 Å². The number of amides is 3. The van der Waals surface area contributed by atoms with Gasteiger partial charge in [0.05, 0.1) is 6.42 Å². The standard InChI is InChI=1S/C25H22F3N3O2/c26-19-7-5-17(6-8-19)13-24(32)29-22-3-1-4-23(15-22)31-10-2-9-30(25(31)33)16-18-11-20(27)14-21(28)12-18/h1,3-8,11-12,14-15H,2,9-10,13,16H2,(H,29,32). The number of nitrogens with one attached hydrogen (secondary N) is 1. The van der Waals surface area contributed by atoms with E-state index in [0.29, 0.717) is 42.0 Å². The highest BCUT2D eigenvalue weighted by Gasteiger charge is 2.27. The molecule has 3 amide bonds. The first-order valence-corrected chi connectivity index (χ1v) is 10.5. The van der Waals surface area contributed by atoms with Crippen LogP contribution in [0.5, 0.6) is 0 Å². The van der Waals surface area contributed by atoms with Crippen LogP contribution >= 0.6 is 0 Å². The third kappa shape index (κ3) is 5.71. The molecule has 33 heavy (non-hydrogen) atoms. The van der Waals surface area contributed by atoms with Gasteiger partial charge in [-0.15, -0.1) is 0 Å². The summed E-state index contributed by atoms with van der Waals surface area (Å²) >= 11 is 0. The lowest BCUT2D eigenvalue weighted by Crippen LogP contribution is -2.49. The van der Waals surface area contributed by atoms with Crippen molar-refractivity contribution in [3.8, 4) is 0 Å². The van der Waals surface area contributed by atoms with Crippen molar-refractivity contribution < 1.29 is 22.8 Å². The largest absolute Gasteiger partial charge is 0.326 e. The third-order valence-corrected chi connectivity index (χ3v) is 5.33. The molecule has 4 rings (SSSR count). The summed E-state index contributed by atoms with van der Waals surface area (Å²) in [5.74, 6) is -2.00. The van der Waals surface area contributed by atoms with Gasteiger partial charge in [0, 0.05) is 37.1 Å². The molecule has 0 aromatic heterocycles. The Morgan fingerprint density at radius 3 is 2.30 bits per heavy atom. The third-order valence-electron chi connectivity index (χ3n) is 5.33. The fourth-order valence-electron chi connectivity index (χ4n) is 3.83. The summed E-state index contributed by atoms with van der Waals surface area (Å²) < 4.78 is 40.1. The molecule has 1 aliphatic rings. The highest BCUT2D eigenvalue weighted by molar-refractivity contribution is 5.95. The van der Waals surface area contributed by atoms with Crippen LogP contribution in [-0.2, 0) is 17.8 Å². The van der Waals surface area contributed by atoms with E-state index in [2.05, 4.69) is 5.32 Å². The number of rotatable bonds is 6. The second-order valence-corrected chi connectivity index (χ2v) is 7.89. The molecule has 3 aromatic carbocycles. The minimum atomic E-state index is -0.685. The summed E-state index contributed by atoms with van der Waals surface area (Å²) in [5, 5.41) is 2.80. The molecule has 0 spiro atoms. The van der Waals surface area contributed by atoms with Crippen molar-refractivity contribution >= 4 is 23.3 Å². The van der Waals surface area contributed by atoms with Crippen molar-refractivity contribution in [2.45, 2.75) is 19.4 Å². The maximum absolute atomic E-state index is 13.5. The Hall–Kier alpha value is -3.81. The van der Waals surface area contributed by atoms with Crippen molar-refractivity contribution in [3.63, 3.8) is 0 Å². The molecule has 8 heteroatoms. The van der Waals surface area contributed by atoms with Crippen molar-refractivity contribution in [1.82, 2.24) is 4.90 Å². The van der Waals surface area contributed by atoms with Crippen LogP contribution in [0, 0.1) is 17.5 Å². The second kappa shape index (κ2) is 9.77. The number of carbonyl (C=O) groups excluding carboxylic acids is 2. The average molecular weight is 453 g/mol. The highest BCUT2D eigenvalue weighted by atomic mass is 19.1. The molecule has 1 aliphatic heterocycles. The van der Waals surface area contributed by atoms with E-state index < -0.39 is 11.6 Å². The molecule has 0 saturated carbocycles. The van der Waals surface area contributed by atoms with Crippen LogP contribution in [0.1, 0.15) is 17.5 Å². The molecule has 1 fully saturated rings. The lowest BCUT2D eigenvalue weighted by molar-refractivity contribution is -0.115. The fraction of sp³-hybridized carbons (Fsp3) is 0.200. The number of halogens is 3. The summed E-state index contributed by atoms with van der Waals surface area (Å²) in [5.41, 5.74) is 2.19. The van der Waals surface area contributed by atoms with Crippen LogP contribution in [0.4, 0.5) is 29.3 Å². The summed E-state index contributed by atoms with van der Waals surface area (Å²) in [6.45, 7) is 1.06. The predicted octanol–water partition coefficient (Wildman–Crippen LogP) is 5.12. The number of anilines is 2. The van der Waals surface area contributed by atoms with E-state index in [0.717, 1.165) is 6.07 Å². The van der Waals surface area contributed by atoms with Gasteiger partial charge in [0.2, 0.25) is 5.91 Å². The van der Waals surface area contributed by atoms with Gasteiger partial charge in [-0.3, -0.25) is 9.69 Å². The van der Waals surface area contributed by atoms with Crippen LogP contribution < -0.4 is 10.2 Å². The molecule has 3 aromatic rings. The molecular formula is C25H22F3N3O2. The van der Waals surface area contributed by atoms with E-state index >= 15 is 0 Å². The van der Waals surface area contributed by atoms with E-state index in [9.17, 15) is 22.8 Å². The van der Waals surface area contributed by atoms with Crippen molar-refractivity contribution in [2.24, 2.45) is 0 Å². The molecule has 1 heterocycles. The number of hydrogen-bond acceptors (Lipinski definition) is 2. The van der Waals surface area contributed by atoms with E-state index in [4.69, 9.17) is 0 Å². The maximum Gasteiger partial charge on any atom is 0.324 e. The lowest BCUT2D eigenvalue weighted by atomic mass is 10.1. The van der Waals surface area contributed by atoms with Gasteiger partial charge in [0.15, 0.2) is 0 Å². The summed E-state index contributed by atoms with van der Waals surface area (Å²) in [7, 11) is 0. The topological polar surface area (TPSA) is 52.7 Å². The van der Waals surface area contributed by atoms with E-state index in [1.807, 2.05) is 0 Å². The van der Waals surface area contributed by atoms with Crippen molar-refractivity contribution in [1.29, 1.82) is 0 Å². The number of nitrogens with zero attached hydrogens (tertiary/aromatic N) is 2. The Morgan fingerprint density at radius 2 is 1.58 bits per heavy atom. The molecule has 0 bridgehead atoms. The van der Waals surface area contributed by atoms with Crippen LogP contribution in [0.25, 0.3) is 0 Å². The molecule has 170 valence electrons. The van der Waals surface area contributed by atoms with Gasteiger partial charge < -0.3 is 10.2 Å². The van der Waals surface area contributed by atoms with Crippen LogP contribution in [-0.4, -0.2) is 29.9 Å². The zero-order valence-corrected chi connectivity index (χ0v) is 17.7. The Labute approximate surface area is 189 Å². The van der Waals surface area contributed by atoms with Gasteiger partial charge in [-0.2, -0.15) is 0 Å². The van der Waals surface area contributed by atoms with Crippen molar-refractivity contribution in [3.05, 3.63) is 95.3 Å². The fourth-order valence-corrected chi connectivity index (χ4v) is 3.83. The van der Waals surface area contributed by atoms with Gasteiger partial charge in [0.1, 0.15) is 17.5 Å². The minimum absolute atomic E-state index is 0.0884. The Bertz CT molecular complexity index is 1150. The zero-order chi connectivity index (χ0) is 23.4. The van der Waals surface area contributed by atoms with E-state index in [-0.39, 0.29) is 30.7 Å². The molecule has 0 aliphatic carbocycles. The normalized spacial score (nSPS) is 13.8. The smallest absolute Gasteiger partial charge is 0.324 e. The average Bonchev–Trinajstić information content (AvgIpc) is 2.76. The maximum atomic E-state index is 13.5. The first kappa shape index (κ1) is 22.4. The van der Waals surface area contributed by atoms with E-state index in [1.165, 1.54) is 29.2 Å². The zero-order valence-electron chi connectivity index (χ0n) is 17.7. The quantitative estimate of drug-likeness (QED) is 0.564. The van der Waals surface area contributed by atoms with Gasteiger partial charge in [-0.1, -0.05) is 18.2 Å². The molecular weight excluding hydrogens is 431 g/mol. The van der Waals surface area contributed by atoms with Gasteiger partial charge in [-0.05, 0) is 60.0 Å². The summed E-state index contributed by atoms with van der Waals surface area (Å²) in [6, 6.07) is 15.6. The molecule has 0 unspecified atom stereocenters. The lowest BCUT2D eigenvalue weighted by Gasteiger charge is -2.36. The molecule has 1 N–H and O–H groups in total. The summed E-state index contributed by atoms with van der Waals surface area (Å²) in [4.78, 5) is 28.5. The molecule has 0 radical (unpaired) electrons. The number of hydrogen-bond donors (Lipinski definition) is 1. The molecule has 5 nitrogen and oxygen atoms in total. The molecule has 0 atom stereocenters.